The number of aromatic nitrogens is 1. The Labute approximate surface area is 202 Å². The Morgan fingerprint density at radius 1 is 1.21 bits per heavy atom. The quantitative estimate of drug-likeness (QED) is 0.370. The number of allylic oxidation sites excluding steroid dienone is 1. The molecule has 0 saturated carbocycles. The van der Waals surface area contributed by atoms with Crippen molar-refractivity contribution in [2.24, 2.45) is 10.9 Å². The molecule has 0 bridgehead atoms. The SMILES string of the molecule is C=CCn1c(=NC(=O)C2CCN(S(=O)(=O)c3ccc(C)cc3)CC2)sc2cc(SC)ccc21. The highest BCUT2D eigenvalue weighted by molar-refractivity contribution is 7.98. The highest BCUT2D eigenvalue weighted by Gasteiger charge is 2.32. The molecule has 0 spiro atoms. The molecule has 1 aromatic heterocycles. The van der Waals surface area contributed by atoms with Crippen molar-refractivity contribution in [1.82, 2.24) is 8.87 Å². The summed E-state index contributed by atoms with van der Waals surface area (Å²) in [6.07, 6.45) is 4.77. The van der Waals surface area contributed by atoms with Gasteiger partial charge in [-0.25, -0.2) is 8.42 Å². The van der Waals surface area contributed by atoms with E-state index in [0.29, 0.717) is 42.2 Å². The average Bonchev–Trinajstić information content (AvgIpc) is 3.15. The summed E-state index contributed by atoms with van der Waals surface area (Å²) in [7, 11) is -3.55. The van der Waals surface area contributed by atoms with Crippen molar-refractivity contribution in [3.05, 3.63) is 65.5 Å². The van der Waals surface area contributed by atoms with Crippen molar-refractivity contribution in [2.75, 3.05) is 19.3 Å². The lowest BCUT2D eigenvalue weighted by molar-refractivity contribution is -0.122. The third kappa shape index (κ3) is 5.01. The number of benzene rings is 2. The van der Waals surface area contributed by atoms with Crippen molar-refractivity contribution in [3.63, 3.8) is 0 Å². The Bertz CT molecular complexity index is 1350. The summed E-state index contributed by atoms with van der Waals surface area (Å²) in [5.74, 6) is -0.463. The van der Waals surface area contributed by atoms with Crippen LogP contribution in [-0.4, -0.2) is 42.5 Å². The first-order valence-corrected chi connectivity index (χ1v) is 14.3. The molecule has 0 N–H and O–H groups in total. The fourth-order valence-electron chi connectivity index (χ4n) is 3.96. The number of piperidine rings is 1. The highest BCUT2D eigenvalue weighted by Crippen LogP contribution is 2.26. The molecular weight excluding hydrogens is 474 g/mol. The van der Waals surface area contributed by atoms with Gasteiger partial charge in [-0.1, -0.05) is 35.1 Å². The van der Waals surface area contributed by atoms with Crippen LogP contribution in [0.5, 0.6) is 0 Å². The molecule has 6 nitrogen and oxygen atoms in total. The number of rotatable bonds is 6. The number of hydrogen-bond donors (Lipinski definition) is 0. The van der Waals surface area contributed by atoms with E-state index in [9.17, 15) is 13.2 Å². The number of aryl methyl sites for hydroxylation is 1. The number of nitrogens with zero attached hydrogens (tertiary/aromatic N) is 3. The molecule has 1 aliphatic heterocycles. The number of sulfonamides is 1. The molecule has 174 valence electrons. The summed E-state index contributed by atoms with van der Waals surface area (Å²) >= 11 is 3.17. The number of thiazole rings is 1. The standard InChI is InChI=1S/C24H27N3O3S3/c1-4-13-27-21-10-7-19(31-3)16-22(21)32-24(27)25-23(28)18-11-14-26(15-12-18)33(29,30)20-8-5-17(2)6-9-20/h4-10,16,18H,1,11-15H2,2-3H3. The topological polar surface area (TPSA) is 71.7 Å². The van der Waals surface area contributed by atoms with Gasteiger partial charge in [0.2, 0.25) is 10.0 Å². The van der Waals surface area contributed by atoms with E-state index in [4.69, 9.17) is 0 Å². The molecule has 3 aromatic rings. The van der Waals surface area contributed by atoms with Gasteiger partial charge in [0.15, 0.2) is 4.80 Å². The largest absolute Gasteiger partial charge is 0.313 e. The van der Waals surface area contributed by atoms with Gasteiger partial charge < -0.3 is 4.57 Å². The Kier molecular flexibility index (Phi) is 7.23. The molecule has 4 rings (SSSR count). The van der Waals surface area contributed by atoms with Gasteiger partial charge >= 0.3 is 0 Å². The van der Waals surface area contributed by atoms with E-state index in [1.807, 2.05) is 17.7 Å². The van der Waals surface area contributed by atoms with E-state index >= 15 is 0 Å². The smallest absolute Gasteiger partial charge is 0.251 e. The highest BCUT2D eigenvalue weighted by atomic mass is 32.2. The minimum Gasteiger partial charge on any atom is -0.313 e. The second-order valence-electron chi connectivity index (χ2n) is 8.06. The van der Waals surface area contributed by atoms with Crippen molar-refractivity contribution < 1.29 is 13.2 Å². The molecule has 33 heavy (non-hydrogen) atoms. The van der Waals surface area contributed by atoms with E-state index in [2.05, 4.69) is 29.8 Å². The second kappa shape index (κ2) is 9.97. The van der Waals surface area contributed by atoms with Crippen molar-refractivity contribution in [3.8, 4) is 0 Å². The van der Waals surface area contributed by atoms with E-state index in [-0.39, 0.29) is 11.8 Å². The third-order valence-corrected chi connectivity index (χ3v) is 9.55. The zero-order valence-corrected chi connectivity index (χ0v) is 21.2. The summed E-state index contributed by atoms with van der Waals surface area (Å²) in [6.45, 7) is 6.97. The van der Waals surface area contributed by atoms with E-state index in [0.717, 1.165) is 20.7 Å². The van der Waals surface area contributed by atoms with Gasteiger partial charge in [-0.15, -0.1) is 18.3 Å². The van der Waals surface area contributed by atoms with Crippen LogP contribution in [0.3, 0.4) is 0 Å². The summed E-state index contributed by atoms with van der Waals surface area (Å²) in [4.78, 5) is 19.6. The normalized spacial score (nSPS) is 16.4. The first-order chi connectivity index (χ1) is 15.8. The van der Waals surface area contributed by atoms with E-state index in [1.165, 1.54) is 15.6 Å². The molecule has 1 fully saturated rings. The molecule has 2 heterocycles. The molecular formula is C24H27N3O3S3. The number of carbonyl (C=O) groups excluding carboxylic acids is 1. The first kappa shape index (κ1) is 23.9. The van der Waals surface area contributed by atoms with Gasteiger partial charge in [0, 0.05) is 30.4 Å². The van der Waals surface area contributed by atoms with Crippen LogP contribution in [-0.2, 0) is 21.4 Å². The minimum absolute atomic E-state index is 0.183. The minimum atomic E-state index is -3.55. The van der Waals surface area contributed by atoms with Crippen molar-refractivity contribution >= 4 is 49.2 Å². The maximum absolute atomic E-state index is 13.0. The molecule has 1 amide bonds. The fraction of sp³-hybridized carbons (Fsp3) is 0.333. The maximum atomic E-state index is 13.0. The van der Waals surface area contributed by atoms with Crippen LogP contribution in [0.15, 0.2) is 69.9 Å². The lowest BCUT2D eigenvalue weighted by Crippen LogP contribution is -2.40. The summed E-state index contributed by atoms with van der Waals surface area (Å²) < 4.78 is 30.4. The number of thioether (sulfide) groups is 1. The third-order valence-electron chi connectivity index (χ3n) is 5.87. The van der Waals surface area contributed by atoms with Crippen LogP contribution in [0.1, 0.15) is 18.4 Å². The van der Waals surface area contributed by atoms with E-state index in [1.54, 1.807) is 42.1 Å². The van der Waals surface area contributed by atoms with Gasteiger partial charge in [-0.2, -0.15) is 9.30 Å². The zero-order chi connectivity index (χ0) is 23.6. The van der Waals surface area contributed by atoms with Crippen LogP contribution in [0.25, 0.3) is 10.2 Å². The Hall–Kier alpha value is -2.20. The monoisotopic (exact) mass is 501 g/mol. The van der Waals surface area contributed by atoms with Gasteiger partial charge in [-0.3, -0.25) is 4.79 Å². The molecule has 1 saturated heterocycles. The van der Waals surface area contributed by atoms with Gasteiger partial charge in [-0.05, 0) is 56.4 Å². The van der Waals surface area contributed by atoms with Gasteiger partial charge in [0.25, 0.3) is 5.91 Å². The maximum Gasteiger partial charge on any atom is 0.251 e. The Morgan fingerprint density at radius 2 is 1.91 bits per heavy atom. The second-order valence-corrected chi connectivity index (χ2v) is 11.9. The molecule has 1 aliphatic rings. The van der Waals surface area contributed by atoms with Crippen LogP contribution >= 0.6 is 23.1 Å². The molecule has 2 aromatic carbocycles. The van der Waals surface area contributed by atoms with E-state index < -0.39 is 10.0 Å². The molecule has 0 atom stereocenters. The molecule has 9 heteroatoms. The molecule has 0 aliphatic carbocycles. The van der Waals surface area contributed by atoms with Crippen LogP contribution in [0.2, 0.25) is 0 Å². The average molecular weight is 502 g/mol. The summed E-state index contributed by atoms with van der Waals surface area (Å²) in [6, 6.07) is 13.1. The molecule has 0 unspecified atom stereocenters. The predicted octanol–water partition coefficient (Wildman–Crippen LogP) is 4.45. The number of carbonyl (C=O) groups is 1. The number of fused-ring (bicyclic) bond motifs is 1. The zero-order valence-electron chi connectivity index (χ0n) is 18.7. The lowest BCUT2D eigenvalue weighted by Gasteiger charge is -2.29. The Balaban J connectivity index is 1.53. The van der Waals surface area contributed by atoms with Crippen LogP contribution in [0, 0.1) is 12.8 Å². The molecule has 0 radical (unpaired) electrons. The van der Waals surface area contributed by atoms with Crippen LogP contribution in [0.4, 0.5) is 0 Å². The van der Waals surface area contributed by atoms with Crippen molar-refractivity contribution in [1.29, 1.82) is 0 Å². The fourth-order valence-corrected chi connectivity index (χ4v) is 7.03. The van der Waals surface area contributed by atoms with Crippen molar-refractivity contribution in [2.45, 2.75) is 36.1 Å². The number of amides is 1. The summed E-state index contributed by atoms with van der Waals surface area (Å²) in [5, 5.41) is 0. The summed E-state index contributed by atoms with van der Waals surface area (Å²) in [5.41, 5.74) is 2.04. The Morgan fingerprint density at radius 3 is 2.55 bits per heavy atom. The van der Waals surface area contributed by atoms with Gasteiger partial charge in [0.05, 0.1) is 15.1 Å². The first-order valence-electron chi connectivity index (χ1n) is 10.8. The predicted molar refractivity (Wildman–Crippen MR) is 135 cm³/mol. The van der Waals surface area contributed by atoms with Crippen LogP contribution < -0.4 is 4.80 Å². The number of hydrogen-bond acceptors (Lipinski definition) is 5. The lowest BCUT2D eigenvalue weighted by atomic mass is 9.98. The van der Waals surface area contributed by atoms with Gasteiger partial charge in [0.1, 0.15) is 0 Å².